The number of anilines is 1. The maximum atomic E-state index is 11.4. The summed E-state index contributed by atoms with van der Waals surface area (Å²) in [7, 11) is 4.13. The third-order valence-corrected chi connectivity index (χ3v) is 6.36. The molecule has 0 aliphatic heterocycles. The van der Waals surface area contributed by atoms with Crippen molar-refractivity contribution in [3.63, 3.8) is 0 Å². The van der Waals surface area contributed by atoms with Gasteiger partial charge in [0.15, 0.2) is 0 Å². The molecule has 7 heteroatoms. The van der Waals surface area contributed by atoms with Gasteiger partial charge in [0.2, 0.25) is 0 Å². The number of imidazole rings is 1. The van der Waals surface area contributed by atoms with Crippen LogP contribution < -0.4 is 9.64 Å². The number of carboxylic acid groups (broad SMARTS) is 1. The summed E-state index contributed by atoms with van der Waals surface area (Å²) in [6, 6.07) is 15.5. The highest BCUT2D eigenvalue weighted by Crippen LogP contribution is 2.45. The Morgan fingerprint density at radius 1 is 1.15 bits per heavy atom. The number of halogens is 1. The molecule has 3 aromatic carbocycles. The second-order valence-electron chi connectivity index (χ2n) is 8.72. The predicted molar refractivity (Wildman–Crippen MR) is 131 cm³/mol. The molecule has 0 amide bonds. The van der Waals surface area contributed by atoms with Gasteiger partial charge in [0.05, 0.1) is 21.6 Å². The molecule has 5 rings (SSSR count). The quantitative estimate of drug-likeness (QED) is 0.337. The van der Waals surface area contributed by atoms with Crippen LogP contribution in [-0.4, -0.2) is 35.1 Å². The molecule has 0 radical (unpaired) electrons. The highest BCUT2D eigenvalue weighted by atomic mass is 35.5. The highest BCUT2D eigenvalue weighted by Gasteiger charge is 2.27. The number of benzene rings is 3. The Balaban J connectivity index is 1.49. The van der Waals surface area contributed by atoms with E-state index in [0.717, 1.165) is 16.6 Å². The molecule has 1 saturated carbocycles. The number of aromatic nitrogens is 2. The van der Waals surface area contributed by atoms with Crippen molar-refractivity contribution in [1.29, 1.82) is 0 Å². The van der Waals surface area contributed by atoms with Gasteiger partial charge in [-0.15, -0.1) is 0 Å². The summed E-state index contributed by atoms with van der Waals surface area (Å²) in [6.07, 6.45) is 2.50. The van der Waals surface area contributed by atoms with E-state index >= 15 is 0 Å². The summed E-state index contributed by atoms with van der Waals surface area (Å²) in [5.74, 6) is 0.0577. The zero-order valence-electron chi connectivity index (χ0n) is 18.6. The number of aromatic carboxylic acids is 1. The minimum atomic E-state index is -0.997. The molecule has 0 unspecified atom stereocenters. The van der Waals surface area contributed by atoms with Gasteiger partial charge in [0, 0.05) is 25.3 Å². The fraction of sp³-hybridized carbons (Fsp3) is 0.231. The van der Waals surface area contributed by atoms with Gasteiger partial charge in [0.1, 0.15) is 5.75 Å². The largest absolute Gasteiger partial charge is 0.478 e. The average Bonchev–Trinajstić information content (AvgIpc) is 3.55. The lowest BCUT2D eigenvalue weighted by Gasteiger charge is -2.19. The van der Waals surface area contributed by atoms with Crippen LogP contribution in [0.1, 0.15) is 40.2 Å². The van der Waals surface area contributed by atoms with Crippen LogP contribution in [0.4, 0.5) is 5.69 Å². The van der Waals surface area contributed by atoms with E-state index in [1.165, 1.54) is 30.2 Å². The maximum absolute atomic E-state index is 11.4. The van der Waals surface area contributed by atoms with E-state index < -0.39 is 5.97 Å². The van der Waals surface area contributed by atoms with Crippen molar-refractivity contribution in [1.82, 2.24) is 9.97 Å². The van der Waals surface area contributed by atoms with Gasteiger partial charge >= 0.3 is 5.97 Å². The smallest absolute Gasteiger partial charge is 0.336 e. The number of aryl methyl sites for hydroxylation is 1. The monoisotopic (exact) mass is 461 g/mol. The first kappa shape index (κ1) is 21.3. The van der Waals surface area contributed by atoms with Crippen molar-refractivity contribution >= 4 is 34.3 Å². The summed E-state index contributed by atoms with van der Waals surface area (Å²) in [4.78, 5) is 21.2. The number of aromatic amines is 1. The summed E-state index contributed by atoms with van der Waals surface area (Å²) in [6.45, 7) is 1.75. The lowest BCUT2D eigenvalue weighted by Crippen LogP contribution is -2.11. The lowest BCUT2D eigenvalue weighted by atomic mass is 9.99. The van der Waals surface area contributed by atoms with Gasteiger partial charge in [-0.1, -0.05) is 29.8 Å². The van der Waals surface area contributed by atoms with Crippen LogP contribution in [0.15, 0.2) is 48.5 Å². The van der Waals surface area contributed by atoms with E-state index in [1.807, 2.05) is 12.1 Å². The number of hydrogen-bond donors (Lipinski definition) is 2. The van der Waals surface area contributed by atoms with E-state index in [-0.39, 0.29) is 11.6 Å². The Bertz CT molecular complexity index is 1390. The normalized spacial score (nSPS) is 13.3. The van der Waals surface area contributed by atoms with Gasteiger partial charge in [0.25, 0.3) is 6.01 Å². The first-order valence-corrected chi connectivity index (χ1v) is 11.2. The predicted octanol–water partition coefficient (Wildman–Crippen LogP) is 6.63. The molecule has 1 aliphatic carbocycles. The molecular weight excluding hydrogens is 438 g/mol. The number of carboxylic acids is 1. The fourth-order valence-corrected chi connectivity index (χ4v) is 4.39. The van der Waals surface area contributed by atoms with Crippen molar-refractivity contribution in [2.24, 2.45) is 0 Å². The number of fused-ring (bicyclic) bond motifs is 1. The molecular formula is C26H24ClN3O3. The third kappa shape index (κ3) is 4.14. The molecule has 2 N–H and O–H groups in total. The van der Waals surface area contributed by atoms with Crippen molar-refractivity contribution < 1.29 is 14.6 Å². The summed E-state index contributed by atoms with van der Waals surface area (Å²) >= 11 is 6.66. The lowest BCUT2D eigenvalue weighted by molar-refractivity contribution is 0.0695. The van der Waals surface area contributed by atoms with Crippen molar-refractivity contribution in [3.05, 3.63) is 70.2 Å². The second kappa shape index (κ2) is 8.12. The van der Waals surface area contributed by atoms with Crippen LogP contribution in [0.3, 0.4) is 0 Å². The molecule has 0 bridgehead atoms. The zero-order chi connectivity index (χ0) is 23.3. The van der Waals surface area contributed by atoms with Crippen molar-refractivity contribution in [3.8, 4) is 22.9 Å². The van der Waals surface area contributed by atoms with Crippen LogP contribution >= 0.6 is 11.6 Å². The number of carbonyl (C=O) groups is 1. The van der Waals surface area contributed by atoms with Crippen LogP contribution in [0.5, 0.6) is 11.8 Å². The molecule has 0 atom stereocenters. The second-order valence-corrected chi connectivity index (χ2v) is 9.12. The minimum Gasteiger partial charge on any atom is -0.478 e. The first-order valence-electron chi connectivity index (χ1n) is 10.8. The van der Waals surface area contributed by atoms with Crippen LogP contribution in [-0.2, 0) is 0 Å². The van der Waals surface area contributed by atoms with E-state index in [9.17, 15) is 9.90 Å². The summed E-state index contributed by atoms with van der Waals surface area (Å²) in [5, 5.41) is 9.96. The number of H-pyrrole nitrogens is 1. The van der Waals surface area contributed by atoms with Crippen molar-refractivity contribution in [2.75, 3.05) is 19.0 Å². The number of rotatable bonds is 6. The molecule has 4 aromatic rings. The third-order valence-electron chi connectivity index (χ3n) is 6.04. The van der Waals surface area contributed by atoms with E-state index in [0.29, 0.717) is 27.8 Å². The minimum absolute atomic E-state index is 0.195. The molecule has 168 valence electrons. The maximum Gasteiger partial charge on any atom is 0.336 e. The van der Waals surface area contributed by atoms with Crippen LogP contribution in [0, 0.1) is 6.92 Å². The molecule has 1 heterocycles. The Labute approximate surface area is 196 Å². The molecule has 1 aromatic heterocycles. The van der Waals surface area contributed by atoms with Gasteiger partial charge in [-0.25, -0.2) is 4.79 Å². The fourth-order valence-electron chi connectivity index (χ4n) is 4.12. The van der Waals surface area contributed by atoms with Gasteiger partial charge < -0.3 is 19.7 Å². The number of ether oxygens (including phenoxy) is 1. The molecule has 1 fully saturated rings. The molecule has 6 nitrogen and oxygen atoms in total. The molecule has 33 heavy (non-hydrogen) atoms. The average molecular weight is 462 g/mol. The van der Waals surface area contributed by atoms with Gasteiger partial charge in [-0.05, 0) is 72.7 Å². The highest BCUT2D eigenvalue weighted by molar-refractivity contribution is 6.34. The zero-order valence-corrected chi connectivity index (χ0v) is 19.4. The Kier molecular flexibility index (Phi) is 5.25. The van der Waals surface area contributed by atoms with E-state index in [2.05, 4.69) is 47.2 Å². The SMILES string of the molecule is Cc1ccc(Oc2nc3cc(-c4ccc(C5CC5)c(N(C)C)c4)c(Cl)cc3[nH]2)cc1C(=O)O. The molecule has 0 saturated heterocycles. The van der Waals surface area contributed by atoms with Gasteiger partial charge in [-0.2, -0.15) is 4.98 Å². The Morgan fingerprint density at radius 2 is 1.94 bits per heavy atom. The van der Waals surface area contributed by atoms with Gasteiger partial charge in [-0.3, -0.25) is 0 Å². The summed E-state index contributed by atoms with van der Waals surface area (Å²) in [5.41, 5.74) is 6.85. The number of nitrogens with zero attached hydrogens (tertiary/aromatic N) is 2. The van der Waals surface area contributed by atoms with E-state index in [4.69, 9.17) is 16.3 Å². The van der Waals surface area contributed by atoms with Crippen LogP contribution in [0.25, 0.3) is 22.2 Å². The Hall–Kier alpha value is -3.51. The molecule has 1 aliphatic rings. The number of nitrogens with one attached hydrogen (secondary N) is 1. The summed E-state index contributed by atoms with van der Waals surface area (Å²) < 4.78 is 5.81. The van der Waals surface area contributed by atoms with Crippen molar-refractivity contribution in [2.45, 2.75) is 25.7 Å². The number of hydrogen-bond acceptors (Lipinski definition) is 4. The molecule has 0 spiro atoms. The standard InChI is InChI=1S/C26H24ClN3O3/c1-14-4-8-17(11-19(14)25(31)32)33-26-28-22-12-20(21(27)13-23(22)29-26)16-7-9-18(15-5-6-15)24(10-16)30(2)3/h4,7-13,15H,5-6H2,1-3H3,(H,28,29)(H,31,32). The van der Waals surface area contributed by atoms with Crippen LogP contribution in [0.2, 0.25) is 5.02 Å². The Morgan fingerprint density at radius 3 is 2.64 bits per heavy atom. The van der Waals surface area contributed by atoms with E-state index in [1.54, 1.807) is 19.1 Å². The topological polar surface area (TPSA) is 78.5 Å². The first-order chi connectivity index (χ1) is 15.8.